The maximum atomic E-state index is 12.6. The van der Waals surface area contributed by atoms with Crippen LogP contribution < -0.4 is 5.32 Å². The number of nitrogens with one attached hydrogen (secondary N) is 1. The highest BCUT2D eigenvalue weighted by Crippen LogP contribution is 2.47. The van der Waals surface area contributed by atoms with Crippen LogP contribution in [-0.4, -0.2) is 11.0 Å². The molecule has 0 saturated heterocycles. The van der Waals surface area contributed by atoms with Crippen LogP contribution in [0.5, 0.6) is 5.75 Å². The third-order valence-corrected chi connectivity index (χ3v) is 7.14. The van der Waals surface area contributed by atoms with Crippen molar-refractivity contribution in [1.29, 1.82) is 0 Å². The van der Waals surface area contributed by atoms with E-state index in [0.29, 0.717) is 11.3 Å². The van der Waals surface area contributed by atoms with E-state index in [-0.39, 0.29) is 22.5 Å². The molecule has 3 heteroatoms. The van der Waals surface area contributed by atoms with Crippen LogP contribution in [0, 0.1) is 6.92 Å². The molecule has 3 aromatic carbocycles. The van der Waals surface area contributed by atoms with E-state index in [4.69, 9.17) is 0 Å². The first-order valence-corrected chi connectivity index (χ1v) is 11.5. The minimum atomic E-state index is -0.188. The molecule has 0 bridgehead atoms. The van der Waals surface area contributed by atoms with Crippen LogP contribution in [0.25, 0.3) is 5.57 Å². The fraction of sp³-hybridized carbons (Fsp3) is 0.300. The summed E-state index contributed by atoms with van der Waals surface area (Å²) in [5.74, 6) is -0.0212. The van der Waals surface area contributed by atoms with Gasteiger partial charge >= 0.3 is 0 Å². The number of carbonyl (C=O) groups is 1. The zero-order valence-electron chi connectivity index (χ0n) is 20.3. The first-order chi connectivity index (χ1) is 15.5. The van der Waals surface area contributed by atoms with Crippen LogP contribution in [-0.2, 0) is 10.8 Å². The number of amides is 1. The topological polar surface area (TPSA) is 49.3 Å². The van der Waals surface area contributed by atoms with E-state index >= 15 is 0 Å². The summed E-state index contributed by atoms with van der Waals surface area (Å²) in [6.07, 6.45) is 2.37. The molecule has 0 radical (unpaired) electrons. The van der Waals surface area contributed by atoms with Crippen molar-refractivity contribution in [3.8, 4) is 5.75 Å². The molecule has 1 aliphatic carbocycles. The van der Waals surface area contributed by atoms with Gasteiger partial charge in [0, 0.05) is 11.3 Å². The summed E-state index contributed by atoms with van der Waals surface area (Å²) in [7, 11) is 0. The summed E-state index contributed by atoms with van der Waals surface area (Å²) in [5.41, 5.74) is 8.79. The third kappa shape index (κ3) is 4.45. The lowest BCUT2D eigenvalue weighted by Crippen LogP contribution is -2.34. The SMILES string of the molecule is C=C(c1ccc(C(=O)Nc2ccc(O)cc2)cc1)c1cc2c(cc1C)C(C)(C)CCC2(C)C. The molecule has 1 amide bonds. The van der Waals surface area contributed by atoms with Crippen molar-refractivity contribution in [2.24, 2.45) is 0 Å². The van der Waals surface area contributed by atoms with Crippen LogP contribution in [0.1, 0.15) is 78.7 Å². The maximum Gasteiger partial charge on any atom is 0.255 e. The van der Waals surface area contributed by atoms with Gasteiger partial charge in [-0.25, -0.2) is 0 Å². The first-order valence-electron chi connectivity index (χ1n) is 11.5. The fourth-order valence-electron chi connectivity index (χ4n) is 4.77. The molecule has 0 aromatic heterocycles. The normalized spacial score (nSPS) is 16.0. The lowest BCUT2D eigenvalue weighted by atomic mass is 9.62. The summed E-state index contributed by atoms with van der Waals surface area (Å²) in [6, 6.07) is 18.7. The predicted molar refractivity (Wildman–Crippen MR) is 137 cm³/mol. The van der Waals surface area contributed by atoms with Crippen molar-refractivity contribution in [2.45, 2.75) is 58.3 Å². The predicted octanol–water partition coefficient (Wildman–Crippen LogP) is 7.36. The van der Waals surface area contributed by atoms with Gasteiger partial charge in [0.2, 0.25) is 0 Å². The van der Waals surface area contributed by atoms with E-state index in [0.717, 1.165) is 11.1 Å². The van der Waals surface area contributed by atoms with E-state index in [1.54, 1.807) is 24.3 Å². The molecule has 0 unspecified atom stereocenters. The lowest BCUT2D eigenvalue weighted by Gasteiger charge is -2.42. The van der Waals surface area contributed by atoms with E-state index < -0.39 is 0 Å². The molecule has 0 saturated carbocycles. The second-order valence-corrected chi connectivity index (χ2v) is 10.5. The molecule has 2 N–H and O–H groups in total. The van der Waals surface area contributed by atoms with Crippen molar-refractivity contribution in [3.05, 3.63) is 101 Å². The minimum Gasteiger partial charge on any atom is -0.508 e. The van der Waals surface area contributed by atoms with Crippen molar-refractivity contribution >= 4 is 17.2 Å². The molecule has 1 aliphatic rings. The van der Waals surface area contributed by atoms with Crippen LogP contribution in [0.4, 0.5) is 5.69 Å². The third-order valence-electron chi connectivity index (χ3n) is 7.14. The summed E-state index contributed by atoms with van der Waals surface area (Å²) in [4.78, 5) is 12.6. The summed E-state index contributed by atoms with van der Waals surface area (Å²) in [5, 5.41) is 12.3. The van der Waals surface area contributed by atoms with Gasteiger partial charge in [-0.3, -0.25) is 4.79 Å². The van der Waals surface area contributed by atoms with Gasteiger partial charge in [-0.2, -0.15) is 0 Å². The number of anilines is 1. The maximum absolute atomic E-state index is 12.6. The van der Waals surface area contributed by atoms with Gasteiger partial charge in [0.25, 0.3) is 5.91 Å². The molecule has 33 heavy (non-hydrogen) atoms. The largest absolute Gasteiger partial charge is 0.508 e. The Balaban J connectivity index is 1.60. The van der Waals surface area contributed by atoms with Gasteiger partial charge in [0.15, 0.2) is 0 Å². The van der Waals surface area contributed by atoms with E-state index in [2.05, 4.69) is 58.6 Å². The van der Waals surface area contributed by atoms with Gasteiger partial charge in [0.05, 0.1) is 0 Å². The molecule has 0 heterocycles. The smallest absolute Gasteiger partial charge is 0.255 e. The highest BCUT2D eigenvalue weighted by atomic mass is 16.3. The summed E-state index contributed by atoms with van der Waals surface area (Å²) >= 11 is 0. The Morgan fingerprint density at radius 1 is 0.848 bits per heavy atom. The van der Waals surface area contributed by atoms with Gasteiger partial charge < -0.3 is 10.4 Å². The number of rotatable bonds is 4. The number of phenolic OH excluding ortho intramolecular Hbond substituents is 1. The molecule has 0 atom stereocenters. The van der Waals surface area contributed by atoms with E-state index in [9.17, 15) is 9.90 Å². The summed E-state index contributed by atoms with van der Waals surface area (Å²) in [6.45, 7) is 15.9. The molecule has 0 spiro atoms. The average molecular weight is 440 g/mol. The van der Waals surface area contributed by atoms with E-state index in [1.165, 1.54) is 35.1 Å². The van der Waals surface area contributed by atoms with Crippen LogP contribution >= 0.6 is 0 Å². The van der Waals surface area contributed by atoms with Gasteiger partial charge in [-0.05, 0) is 100 Å². The Morgan fingerprint density at radius 2 is 1.36 bits per heavy atom. The number of aryl methyl sites for hydroxylation is 1. The number of hydrogen-bond acceptors (Lipinski definition) is 2. The molecule has 0 aliphatic heterocycles. The highest BCUT2D eigenvalue weighted by molar-refractivity contribution is 6.04. The Morgan fingerprint density at radius 3 is 1.94 bits per heavy atom. The highest BCUT2D eigenvalue weighted by Gasteiger charge is 2.37. The van der Waals surface area contributed by atoms with Crippen LogP contribution in [0.3, 0.4) is 0 Å². The lowest BCUT2D eigenvalue weighted by molar-refractivity contribution is 0.102. The molecule has 3 nitrogen and oxygen atoms in total. The fourth-order valence-corrected chi connectivity index (χ4v) is 4.77. The molecular weight excluding hydrogens is 406 g/mol. The van der Waals surface area contributed by atoms with Gasteiger partial charge in [-0.1, -0.05) is 58.5 Å². The molecule has 4 rings (SSSR count). The summed E-state index contributed by atoms with van der Waals surface area (Å²) < 4.78 is 0. The van der Waals surface area contributed by atoms with Crippen molar-refractivity contribution in [2.75, 3.05) is 5.32 Å². The number of benzene rings is 3. The first kappa shape index (κ1) is 22.8. The quantitative estimate of drug-likeness (QED) is 0.417. The number of carbonyl (C=O) groups excluding carboxylic acids is 1. The zero-order valence-corrected chi connectivity index (χ0v) is 20.3. The Kier molecular flexibility index (Phi) is 5.69. The number of fused-ring (bicyclic) bond motifs is 1. The van der Waals surface area contributed by atoms with Gasteiger partial charge in [-0.15, -0.1) is 0 Å². The van der Waals surface area contributed by atoms with E-state index in [1.807, 2.05) is 24.3 Å². The number of phenols is 1. The Labute approximate surface area is 197 Å². The average Bonchev–Trinajstić information content (AvgIpc) is 2.78. The number of aromatic hydroxyl groups is 1. The molecule has 170 valence electrons. The van der Waals surface area contributed by atoms with Crippen LogP contribution in [0.15, 0.2) is 67.2 Å². The molecule has 3 aromatic rings. The monoisotopic (exact) mass is 439 g/mol. The van der Waals surface area contributed by atoms with Crippen molar-refractivity contribution in [3.63, 3.8) is 0 Å². The number of hydrogen-bond donors (Lipinski definition) is 2. The molecular formula is C30H33NO2. The second-order valence-electron chi connectivity index (χ2n) is 10.5. The minimum absolute atomic E-state index is 0.143. The van der Waals surface area contributed by atoms with Gasteiger partial charge in [0.1, 0.15) is 5.75 Å². The van der Waals surface area contributed by atoms with Crippen LogP contribution in [0.2, 0.25) is 0 Å². The molecule has 0 fully saturated rings. The zero-order chi connectivity index (χ0) is 24.0. The Hall–Kier alpha value is -3.33. The standard InChI is InChI=1S/C30H33NO2/c1-19-17-26-27(30(5,6)16-15-29(26,3)4)18-25(19)20(2)21-7-9-22(10-8-21)28(33)31-23-11-13-24(32)14-12-23/h7-14,17-18,32H,2,15-16H2,1,3-6H3,(H,31,33). The second kappa shape index (κ2) is 8.22. The van der Waals surface area contributed by atoms with Crippen molar-refractivity contribution in [1.82, 2.24) is 0 Å². The Bertz CT molecular complexity index is 1220. The van der Waals surface area contributed by atoms with Crippen molar-refractivity contribution < 1.29 is 9.90 Å².